The first-order valence-electron chi connectivity index (χ1n) is 13.4. The van der Waals surface area contributed by atoms with Crippen molar-refractivity contribution in [3.8, 4) is 0 Å². The van der Waals surface area contributed by atoms with E-state index in [-0.39, 0.29) is 5.48 Å². The van der Waals surface area contributed by atoms with Crippen molar-refractivity contribution in [2.45, 2.75) is 122 Å². The highest BCUT2D eigenvalue weighted by Crippen LogP contribution is 2.17. The Labute approximate surface area is 202 Å². The molecule has 0 heterocycles. The lowest BCUT2D eigenvalue weighted by Gasteiger charge is -2.31. The molecular formula is C26H59NO4Si. The Kier molecular flexibility index (Phi) is 24.3. The van der Waals surface area contributed by atoms with Gasteiger partial charge in [0.1, 0.15) is 0 Å². The third kappa shape index (κ3) is 19.5. The maximum Gasteiger partial charge on any atom is 0.500 e. The zero-order valence-corrected chi connectivity index (χ0v) is 23.8. The van der Waals surface area contributed by atoms with Crippen molar-refractivity contribution in [3.63, 3.8) is 0 Å². The monoisotopic (exact) mass is 477 g/mol. The molecule has 0 spiro atoms. The molecule has 0 aromatic carbocycles. The minimum Gasteiger partial charge on any atom is -0.870 e. The van der Waals surface area contributed by atoms with Crippen molar-refractivity contribution in [2.75, 3.05) is 48.5 Å². The van der Waals surface area contributed by atoms with Crippen LogP contribution in [0.1, 0.15) is 116 Å². The fraction of sp³-hybridized carbons (Fsp3) is 1.00. The fourth-order valence-electron chi connectivity index (χ4n) is 4.48. The van der Waals surface area contributed by atoms with Crippen LogP contribution < -0.4 is 0 Å². The van der Waals surface area contributed by atoms with E-state index in [9.17, 15) is 0 Å². The molecule has 0 aromatic heterocycles. The average molecular weight is 478 g/mol. The summed E-state index contributed by atoms with van der Waals surface area (Å²) in [5.41, 5.74) is 0. The summed E-state index contributed by atoms with van der Waals surface area (Å²) in [4.78, 5) is 0. The van der Waals surface area contributed by atoms with E-state index >= 15 is 0 Å². The van der Waals surface area contributed by atoms with Crippen LogP contribution in [0.25, 0.3) is 0 Å². The molecule has 5 nitrogen and oxygen atoms in total. The van der Waals surface area contributed by atoms with Gasteiger partial charge >= 0.3 is 8.80 Å². The van der Waals surface area contributed by atoms with Crippen molar-refractivity contribution in [1.29, 1.82) is 0 Å². The third-order valence-corrected chi connectivity index (χ3v) is 9.63. The Morgan fingerprint density at radius 1 is 0.500 bits per heavy atom. The number of unbranched alkanes of at least 4 members (excludes halogenated alkanes) is 15. The van der Waals surface area contributed by atoms with Gasteiger partial charge < -0.3 is 23.2 Å². The fourth-order valence-corrected chi connectivity index (χ4v) is 6.18. The highest BCUT2D eigenvalue weighted by molar-refractivity contribution is 6.60. The highest BCUT2D eigenvalue weighted by Gasteiger charge is 2.37. The van der Waals surface area contributed by atoms with Crippen molar-refractivity contribution in [2.24, 2.45) is 0 Å². The van der Waals surface area contributed by atoms with E-state index < -0.39 is 8.80 Å². The molecule has 0 atom stereocenters. The molecule has 0 unspecified atom stereocenters. The Bertz CT molecular complexity index is 371. The van der Waals surface area contributed by atoms with Crippen LogP contribution in [0, 0.1) is 0 Å². The molecule has 0 aromatic rings. The Balaban J connectivity index is 0. The topological polar surface area (TPSA) is 57.7 Å². The average Bonchev–Trinajstić information content (AvgIpc) is 2.76. The van der Waals surface area contributed by atoms with Crippen molar-refractivity contribution >= 4 is 8.80 Å². The molecule has 6 heteroatoms. The standard InChI is InChI=1S/C26H58NO3Si.H2O/c1-7-8-9-10-11-12-13-14-15-16-17-18-19-20-21-22-24-27(2,3)25-23-26-31(28-4,29-5)30-6;/h7-26H2,1-6H3;1H2/q+1;/p-1. The molecule has 32 heavy (non-hydrogen) atoms. The van der Waals surface area contributed by atoms with Crippen LogP contribution in [-0.4, -0.2) is 67.3 Å². The molecular weight excluding hydrogens is 418 g/mol. The van der Waals surface area contributed by atoms with Crippen LogP contribution in [-0.2, 0) is 13.3 Å². The molecule has 0 aliphatic rings. The predicted octanol–water partition coefficient (Wildman–Crippen LogP) is 7.42. The molecule has 1 N–H and O–H groups in total. The summed E-state index contributed by atoms with van der Waals surface area (Å²) < 4.78 is 17.7. The largest absolute Gasteiger partial charge is 0.870 e. The van der Waals surface area contributed by atoms with Crippen LogP contribution in [0.5, 0.6) is 0 Å². The maximum atomic E-state index is 5.53. The Hall–Kier alpha value is 0.0169. The quantitative estimate of drug-likeness (QED) is 0.0824. The molecule has 0 aliphatic heterocycles. The second kappa shape index (κ2) is 22.8. The lowest BCUT2D eigenvalue weighted by atomic mass is 10.0. The molecule has 0 saturated carbocycles. The zero-order valence-electron chi connectivity index (χ0n) is 22.8. The van der Waals surface area contributed by atoms with Gasteiger partial charge in [-0.25, -0.2) is 0 Å². The van der Waals surface area contributed by atoms with Crippen LogP contribution in [0.15, 0.2) is 0 Å². The van der Waals surface area contributed by atoms with E-state index in [4.69, 9.17) is 13.3 Å². The second-order valence-corrected chi connectivity index (χ2v) is 13.2. The van der Waals surface area contributed by atoms with Crippen molar-refractivity contribution < 1.29 is 23.2 Å². The van der Waals surface area contributed by atoms with Gasteiger partial charge in [-0.1, -0.05) is 96.8 Å². The molecule has 196 valence electrons. The molecule has 0 fully saturated rings. The van der Waals surface area contributed by atoms with Gasteiger partial charge in [0.2, 0.25) is 0 Å². The van der Waals surface area contributed by atoms with E-state index in [0.717, 1.165) is 23.5 Å². The SMILES string of the molecule is CCCCCCCCCCCCCCCCCC[N+](C)(C)CCC[Si](OC)(OC)OC.[OH-]. The molecule has 0 aliphatic carbocycles. The summed E-state index contributed by atoms with van der Waals surface area (Å²) in [5.74, 6) is 0. The minimum absolute atomic E-state index is 0. The minimum atomic E-state index is -2.40. The van der Waals surface area contributed by atoms with E-state index in [2.05, 4.69) is 21.0 Å². The zero-order chi connectivity index (χ0) is 23.3. The summed E-state index contributed by atoms with van der Waals surface area (Å²) in [7, 11) is 7.40. The van der Waals surface area contributed by atoms with Crippen LogP contribution >= 0.6 is 0 Å². The summed E-state index contributed by atoms with van der Waals surface area (Å²) in [6.07, 6.45) is 24.0. The van der Waals surface area contributed by atoms with Gasteiger partial charge in [0.05, 0.1) is 27.2 Å². The van der Waals surface area contributed by atoms with Gasteiger partial charge in [-0.3, -0.25) is 0 Å². The molecule has 0 rings (SSSR count). The first-order valence-corrected chi connectivity index (χ1v) is 15.4. The van der Waals surface area contributed by atoms with E-state index in [1.165, 1.54) is 109 Å². The van der Waals surface area contributed by atoms with Crippen LogP contribution in [0.3, 0.4) is 0 Å². The molecule has 0 saturated heterocycles. The molecule has 0 radical (unpaired) electrons. The van der Waals surface area contributed by atoms with E-state index in [1.807, 2.05) is 0 Å². The molecule has 0 bridgehead atoms. The van der Waals surface area contributed by atoms with Crippen molar-refractivity contribution in [1.82, 2.24) is 0 Å². The van der Waals surface area contributed by atoms with Gasteiger partial charge in [0.15, 0.2) is 0 Å². The Morgan fingerprint density at radius 2 is 0.812 bits per heavy atom. The van der Waals surface area contributed by atoms with Gasteiger partial charge in [0, 0.05) is 33.8 Å². The van der Waals surface area contributed by atoms with Crippen LogP contribution in [0.2, 0.25) is 6.04 Å². The van der Waals surface area contributed by atoms with E-state index in [0.29, 0.717) is 0 Å². The van der Waals surface area contributed by atoms with Gasteiger partial charge in [-0.2, -0.15) is 0 Å². The maximum absolute atomic E-state index is 5.53. The van der Waals surface area contributed by atoms with Crippen LogP contribution in [0.4, 0.5) is 0 Å². The second-order valence-electron chi connectivity index (χ2n) is 10.1. The van der Waals surface area contributed by atoms with E-state index in [1.54, 1.807) is 21.3 Å². The number of nitrogens with zero attached hydrogens (tertiary/aromatic N) is 1. The number of hydrogen-bond acceptors (Lipinski definition) is 4. The summed E-state index contributed by atoms with van der Waals surface area (Å²) >= 11 is 0. The highest BCUT2D eigenvalue weighted by atomic mass is 28.4. The molecule has 0 amide bonds. The smallest absolute Gasteiger partial charge is 0.500 e. The predicted molar refractivity (Wildman–Crippen MR) is 140 cm³/mol. The first kappa shape index (κ1) is 34.2. The first-order chi connectivity index (χ1) is 14.9. The summed E-state index contributed by atoms with van der Waals surface area (Å²) in [5, 5.41) is 0. The lowest BCUT2D eigenvalue weighted by Crippen LogP contribution is -2.45. The summed E-state index contributed by atoms with van der Waals surface area (Å²) in [6.45, 7) is 4.72. The lowest BCUT2D eigenvalue weighted by molar-refractivity contribution is -0.890. The Morgan fingerprint density at radius 3 is 1.16 bits per heavy atom. The third-order valence-electron chi connectivity index (χ3n) is 6.80. The van der Waals surface area contributed by atoms with Crippen molar-refractivity contribution in [3.05, 3.63) is 0 Å². The number of quaternary nitrogens is 1. The van der Waals surface area contributed by atoms with Gasteiger partial charge in [0.25, 0.3) is 0 Å². The van der Waals surface area contributed by atoms with Gasteiger partial charge in [-0.05, 0) is 12.8 Å². The number of rotatable bonds is 24. The van der Waals surface area contributed by atoms with Gasteiger partial charge in [-0.15, -0.1) is 0 Å². The summed E-state index contributed by atoms with van der Waals surface area (Å²) in [6, 6.07) is 0.900. The normalized spacial score (nSPS) is 12.2. The number of hydrogen-bond donors (Lipinski definition) is 0.